The van der Waals surface area contributed by atoms with Gasteiger partial charge in [-0.25, -0.2) is 18.2 Å². The van der Waals surface area contributed by atoms with Crippen LogP contribution in [0.3, 0.4) is 0 Å². The number of hydrogen-bond donors (Lipinski definition) is 5. The van der Waals surface area contributed by atoms with E-state index < -0.39 is 33.9 Å². The van der Waals surface area contributed by atoms with E-state index in [0.29, 0.717) is 5.56 Å². The van der Waals surface area contributed by atoms with Crippen molar-refractivity contribution in [3.63, 3.8) is 0 Å². The highest BCUT2D eigenvalue weighted by Gasteiger charge is 2.35. The number of nitrogens with one attached hydrogen (secondary N) is 3. The molecule has 0 spiro atoms. The van der Waals surface area contributed by atoms with E-state index in [1.165, 1.54) is 51.1 Å². The number of alkyl halides is 3. The Morgan fingerprint density at radius 1 is 1.15 bits per heavy atom. The third kappa shape index (κ3) is 5.61. The molecule has 0 saturated carbocycles. The summed E-state index contributed by atoms with van der Waals surface area (Å²) in [5.41, 5.74) is 3.93. The molecule has 0 bridgehead atoms. The van der Waals surface area contributed by atoms with E-state index >= 15 is 0 Å². The number of H-pyrrole nitrogens is 1. The summed E-state index contributed by atoms with van der Waals surface area (Å²) in [5.74, 6) is 0.0226. The number of benzene rings is 2. The number of nitrogen functional groups attached to an aromatic ring is 1. The van der Waals surface area contributed by atoms with Crippen molar-refractivity contribution in [2.75, 3.05) is 17.7 Å². The number of sulfonamides is 1. The first-order chi connectivity index (χ1) is 15.2. The molecule has 13 heteroatoms. The van der Waals surface area contributed by atoms with E-state index in [-0.39, 0.29) is 33.6 Å². The fraction of sp³-hybridized carbons (Fsp3) is 0.300. The molecule has 0 unspecified atom stereocenters. The second-order valence-corrected chi connectivity index (χ2v) is 9.74. The minimum Gasteiger partial charge on any atom is -0.394 e. The Hall–Kier alpha value is -3.16. The quantitative estimate of drug-likeness (QED) is 0.346. The zero-order valence-electron chi connectivity index (χ0n) is 17.9. The van der Waals surface area contributed by atoms with Crippen molar-refractivity contribution in [3.8, 4) is 11.1 Å². The normalized spacial score (nSPS) is 12.7. The van der Waals surface area contributed by atoms with Crippen molar-refractivity contribution in [2.45, 2.75) is 37.4 Å². The molecule has 6 N–H and O–H groups in total. The molecule has 1 aromatic heterocycles. The van der Waals surface area contributed by atoms with Crippen molar-refractivity contribution in [1.82, 2.24) is 19.9 Å². The number of aliphatic hydroxyl groups is 1. The van der Waals surface area contributed by atoms with E-state index in [4.69, 9.17) is 5.73 Å². The van der Waals surface area contributed by atoms with Crippen LogP contribution in [0.15, 0.2) is 41.3 Å². The van der Waals surface area contributed by atoms with Gasteiger partial charge in [0.25, 0.3) is 0 Å². The molecule has 0 radical (unpaired) electrons. The zero-order valence-corrected chi connectivity index (χ0v) is 18.8. The van der Waals surface area contributed by atoms with E-state index in [9.17, 15) is 26.7 Å². The maximum atomic E-state index is 13.9. The van der Waals surface area contributed by atoms with Gasteiger partial charge < -0.3 is 16.2 Å². The molecular formula is C20H23F3N6O3S. The van der Waals surface area contributed by atoms with Crippen molar-refractivity contribution < 1.29 is 26.7 Å². The van der Waals surface area contributed by atoms with Crippen LogP contribution in [0.2, 0.25) is 0 Å². The third-order valence-corrected chi connectivity index (χ3v) is 6.37. The molecule has 0 amide bonds. The van der Waals surface area contributed by atoms with Crippen molar-refractivity contribution >= 4 is 27.6 Å². The first kappa shape index (κ1) is 24.5. The van der Waals surface area contributed by atoms with Crippen LogP contribution >= 0.6 is 0 Å². The minimum absolute atomic E-state index is 0.00814. The lowest BCUT2D eigenvalue weighted by Gasteiger charge is -2.23. The largest absolute Gasteiger partial charge is 0.417 e. The zero-order chi connectivity index (χ0) is 24.6. The summed E-state index contributed by atoms with van der Waals surface area (Å²) in [6, 6.07) is 7.46. The van der Waals surface area contributed by atoms with Gasteiger partial charge in [0.15, 0.2) is 0 Å². The fourth-order valence-corrected chi connectivity index (χ4v) is 4.59. The Morgan fingerprint density at radius 2 is 1.79 bits per heavy atom. The molecule has 178 valence electrons. The standard InChI is InChI=1S/C20H23F3N6O3S/c1-11-8-13(25-18-26-17(24)27-28-18)9-15(20(21,22)23)16(11)12-4-6-14(7-5-12)33(31,32)29-19(2,3)10-30/h4-9,29-30H,10H2,1-3H3,(H4,24,25,26,27,28). The van der Waals surface area contributed by atoms with Crippen LogP contribution < -0.4 is 15.8 Å². The molecule has 9 nitrogen and oxygen atoms in total. The summed E-state index contributed by atoms with van der Waals surface area (Å²) in [7, 11) is -3.99. The summed E-state index contributed by atoms with van der Waals surface area (Å²) < 4.78 is 69.2. The van der Waals surface area contributed by atoms with E-state index in [1.54, 1.807) is 0 Å². The second-order valence-electron chi connectivity index (χ2n) is 8.05. The van der Waals surface area contributed by atoms with Crippen LogP contribution in [0.4, 0.5) is 30.8 Å². The number of nitrogens with zero attached hydrogens (tertiary/aromatic N) is 2. The maximum absolute atomic E-state index is 13.9. The molecule has 33 heavy (non-hydrogen) atoms. The number of rotatable bonds is 7. The molecule has 0 atom stereocenters. The molecule has 0 aliphatic carbocycles. The van der Waals surface area contributed by atoms with Crippen LogP contribution in [0, 0.1) is 6.92 Å². The minimum atomic E-state index is -4.69. The molecule has 0 aliphatic rings. The van der Waals surface area contributed by atoms with Crippen LogP contribution in [0.5, 0.6) is 0 Å². The van der Waals surface area contributed by atoms with E-state index in [2.05, 4.69) is 25.2 Å². The number of aromatic amines is 1. The smallest absolute Gasteiger partial charge is 0.394 e. The third-order valence-electron chi connectivity index (χ3n) is 4.66. The number of aromatic nitrogens is 3. The maximum Gasteiger partial charge on any atom is 0.417 e. The number of anilines is 3. The molecule has 0 aliphatic heterocycles. The lowest BCUT2D eigenvalue weighted by Crippen LogP contribution is -2.46. The predicted molar refractivity (Wildman–Crippen MR) is 117 cm³/mol. The van der Waals surface area contributed by atoms with Crippen LogP contribution in [0.1, 0.15) is 25.0 Å². The SMILES string of the molecule is Cc1cc(Nc2n[nH]c(N)n2)cc(C(F)(F)F)c1-c1ccc(S(=O)(=O)NC(C)(C)CO)cc1. The number of nitrogens with two attached hydrogens (primary N) is 1. The van der Waals surface area contributed by atoms with Gasteiger partial charge in [-0.15, -0.1) is 5.10 Å². The Morgan fingerprint density at radius 3 is 2.30 bits per heavy atom. The summed E-state index contributed by atoms with van der Waals surface area (Å²) in [4.78, 5) is 3.67. The van der Waals surface area contributed by atoms with Gasteiger partial charge in [-0.3, -0.25) is 0 Å². The fourth-order valence-electron chi connectivity index (χ4n) is 3.18. The van der Waals surface area contributed by atoms with Gasteiger partial charge in [0.1, 0.15) is 0 Å². The van der Waals surface area contributed by atoms with Gasteiger partial charge >= 0.3 is 6.18 Å². The average molecular weight is 485 g/mol. The summed E-state index contributed by atoms with van der Waals surface area (Å²) in [6.45, 7) is 4.08. The molecular weight excluding hydrogens is 461 g/mol. The van der Waals surface area contributed by atoms with Crippen molar-refractivity contribution in [1.29, 1.82) is 0 Å². The molecule has 3 aromatic rings. The van der Waals surface area contributed by atoms with E-state index in [1.807, 2.05) is 0 Å². The van der Waals surface area contributed by atoms with Gasteiger partial charge in [-0.05, 0) is 61.7 Å². The Bertz CT molecular complexity index is 1260. The highest BCUT2D eigenvalue weighted by molar-refractivity contribution is 7.89. The van der Waals surface area contributed by atoms with Gasteiger partial charge in [-0.2, -0.15) is 18.2 Å². The molecule has 3 rings (SSSR count). The van der Waals surface area contributed by atoms with Gasteiger partial charge in [0.05, 0.1) is 22.6 Å². The number of hydrogen-bond acceptors (Lipinski definition) is 7. The predicted octanol–water partition coefficient (Wildman–Crippen LogP) is 3.17. The molecule has 2 aromatic carbocycles. The van der Waals surface area contributed by atoms with Crippen LogP contribution in [0.25, 0.3) is 11.1 Å². The number of aryl methyl sites for hydroxylation is 1. The topological polar surface area (TPSA) is 146 Å². The number of aliphatic hydroxyl groups excluding tert-OH is 1. The average Bonchev–Trinajstić information content (AvgIpc) is 3.11. The van der Waals surface area contributed by atoms with Gasteiger partial charge in [0.2, 0.25) is 21.9 Å². The highest BCUT2D eigenvalue weighted by Crippen LogP contribution is 2.41. The summed E-state index contributed by atoms with van der Waals surface area (Å²) in [6.07, 6.45) is -4.69. The second kappa shape index (κ2) is 8.65. The molecule has 1 heterocycles. The summed E-state index contributed by atoms with van der Waals surface area (Å²) in [5, 5.41) is 18.1. The van der Waals surface area contributed by atoms with Crippen LogP contribution in [-0.2, 0) is 16.2 Å². The van der Waals surface area contributed by atoms with Gasteiger partial charge in [-0.1, -0.05) is 12.1 Å². The van der Waals surface area contributed by atoms with E-state index in [0.717, 1.165) is 6.07 Å². The van der Waals surface area contributed by atoms with Crippen molar-refractivity contribution in [3.05, 3.63) is 47.5 Å². The Kier molecular flexibility index (Phi) is 6.42. The highest BCUT2D eigenvalue weighted by atomic mass is 32.2. The van der Waals surface area contributed by atoms with Gasteiger partial charge in [0, 0.05) is 5.69 Å². The Balaban J connectivity index is 2.01. The monoisotopic (exact) mass is 484 g/mol. The Labute approximate surface area is 188 Å². The number of halogens is 3. The lowest BCUT2D eigenvalue weighted by atomic mass is 9.94. The lowest BCUT2D eigenvalue weighted by molar-refractivity contribution is -0.137. The van der Waals surface area contributed by atoms with Crippen LogP contribution in [-0.4, -0.2) is 40.9 Å². The molecule has 0 saturated heterocycles. The molecule has 0 fully saturated rings. The summed E-state index contributed by atoms with van der Waals surface area (Å²) >= 11 is 0. The van der Waals surface area contributed by atoms with Crippen molar-refractivity contribution in [2.24, 2.45) is 0 Å². The first-order valence-corrected chi connectivity index (χ1v) is 11.1. The first-order valence-electron chi connectivity index (χ1n) is 9.64.